The standard InChI is InChI=1S/C11H23N3O2.2ClH/c1-14(2)10(8-4-5-8)6-13-11(15)9(12)7-16-3;;/h8-10H,4-7,12H2,1-3H3,(H,13,15);2*1H. The second kappa shape index (κ2) is 9.81. The van der Waals surface area contributed by atoms with E-state index in [9.17, 15) is 4.79 Å². The molecule has 1 aliphatic rings. The lowest BCUT2D eigenvalue weighted by Crippen LogP contribution is -2.48. The summed E-state index contributed by atoms with van der Waals surface area (Å²) in [6, 6.07) is -0.134. The Morgan fingerprint density at radius 1 is 1.44 bits per heavy atom. The Balaban J connectivity index is 0. The first-order valence-electron chi connectivity index (χ1n) is 5.75. The zero-order valence-electron chi connectivity index (χ0n) is 11.2. The molecule has 18 heavy (non-hydrogen) atoms. The van der Waals surface area contributed by atoms with Gasteiger partial charge in [-0.25, -0.2) is 0 Å². The molecule has 1 fully saturated rings. The van der Waals surface area contributed by atoms with Gasteiger partial charge in [-0.1, -0.05) is 0 Å². The van der Waals surface area contributed by atoms with Crippen molar-refractivity contribution in [2.45, 2.75) is 24.9 Å². The van der Waals surface area contributed by atoms with Crippen LogP contribution in [0.5, 0.6) is 0 Å². The molecule has 110 valence electrons. The summed E-state index contributed by atoms with van der Waals surface area (Å²) in [5, 5.41) is 2.88. The van der Waals surface area contributed by atoms with E-state index >= 15 is 0 Å². The molecule has 7 heteroatoms. The third-order valence-corrected chi connectivity index (χ3v) is 3.00. The van der Waals surface area contributed by atoms with E-state index in [1.165, 1.54) is 12.8 Å². The number of hydrogen-bond donors (Lipinski definition) is 2. The Morgan fingerprint density at radius 3 is 2.39 bits per heavy atom. The van der Waals surface area contributed by atoms with Crippen LogP contribution in [0.15, 0.2) is 0 Å². The van der Waals surface area contributed by atoms with Crippen LogP contribution in [-0.4, -0.2) is 57.2 Å². The van der Waals surface area contributed by atoms with Crippen molar-refractivity contribution in [3.05, 3.63) is 0 Å². The van der Waals surface area contributed by atoms with Gasteiger partial charge in [0.05, 0.1) is 6.61 Å². The monoisotopic (exact) mass is 301 g/mol. The molecule has 0 saturated heterocycles. The number of halogens is 2. The van der Waals surface area contributed by atoms with Crippen molar-refractivity contribution in [1.29, 1.82) is 0 Å². The number of nitrogens with two attached hydrogens (primary N) is 1. The van der Waals surface area contributed by atoms with Crippen LogP contribution in [0.3, 0.4) is 0 Å². The molecule has 0 aromatic heterocycles. The minimum Gasteiger partial charge on any atom is -0.383 e. The van der Waals surface area contributed by atoms with Gasteiger partial charge in [-0.15, -0.1) is 24.8 Å². The number of likely N-dealkylation sites (N-methyl/N-ethyl adjacent to an activating group) is 1. The van der Waals surface area contributed by atoms with Gasteiger partial charge in [0.25, 0.3) is 0 Å². The van der Waals surface area contributed by atoms with Gasteiger partial charge in [0.15, 0.2) is 0 Å². The molecular weight excluding hydrogens is 277 g/mol. The predicted octanol–water partition coefficient (Wildman–Crippen LogP) is 0.260. The molecule has 2 atom stereocenters. The Hall–Kier alpha value is -0.0700. The zero-order chi connectivity index (χ0) is 12.1. The van der Waals surface area contributed by atoms with E-state index in [1.807, 2.05) is 14.1 Å². The first-order valence-corrected chi connectivity index (χ1v) is 5.75. The summed E-state index contributed by atoms with van der Waals surface area (Å²) >= 11 is 0. The first-order chi connectivity index (χ1) is 7.56. The average Bonchev–Trinajstić information content (AvgIpc) is 3.01. The first kappa shape index (κ1) is 20.3. The highest BCUT2D eigenvalue weighted by Crippen LogP contribution is 2.34. The van der Waals surface area contributed by atoms with Crippen LogP contribution in [-0.2, 0) is 9.53 Å². The van der Waals surface area contributed by atoms with Crippen LogP contribution in [0.4, 0.5) is 0 Å². The molecule has 0 aliphatic heterocycles. The Labute approximate surface area is 122 Å². The largest absolute Gasteiger partial charge is 0.383 e. The van der Waals surface area contributed by atoms with Gasteiger partial charge >= 0.3 is 0 Å². The van der Waals surface area contributed by atoms with Crippen LogP contribution in [0.1, 0.15) is 12.8 Å². The molecule has 0 aromatic rings. The molecule has 5 nitrogen and oxygen atoms in total. The van der Waals surface area contributed by atoms with Crippen molar-refractivity contribution in [2.24, 2.45) is 11.7 Å². The lowest BCUT2D eigenvalue weighted by atomic mass is 10.1. The molecule has 1 amide bonds. The minimum absolute atomic E-state index is 0. The second-order valence-corrected chi connectivity index (χ2v) is 4.68. The molecule has 3 N–H and O–H groups in total. The summed E-state index contributed by atoms with van der Waals surface area (Å²) in [6.45, 7) is 0.940. The Morgan fingerprint density at radius 2 is 2.00 bits per heavy atom. The number of nitrogens with zero attached hydrogens (tertiary/aromatic N) is 1. The van der Waals surface area contributed by atoms with Gasteiger partial charge in [-0.2, -0.15) is 0 Å². The maximum absolute atomic E-state index is 11.6. The summed E-state index contributed by atoms with van der Waals surface area (Å²) in [7, 11) is 5.63. The number of hydrogen-bond acceptors (Lipinski definition) is 4. The SMILES string of the molecule is COCC(N)C(=O)NCC(C1CC1)N(C)C.Cl.Cl. The van der Waals surface area contributed by atoms with Gasteiger partial charge in [-0.05, 0) is 32.9 Å². The zero-order valence-corrected chi connectivity index (χ0v) is 12.9. The van der Waals surface area contributed by atoms with Crippen molar-refractivity contribution in [1.82, 2.24) is 10.2 Å². The van der Waals surface area contributed by atoms with E-state index < -0.39 is 6.04 Å². The highest BCUT2D eigenvalue weighted by Gasteiger charge is 2.32. The van der Waals surface area contributed by atoms with Crippen molar-refractivity contribution in [3.63, 3.8) is 0 Å². The second-order valence-electron chi connectivity index (χ2n) is 4.68. The van der Waals surface area contributed by atoms with Crippen LogP contribution in [0.2, 0.25) is 0 Å². The fraction of sp³-hybridized carbons (Fsp3) is 0.909. The topological polar surface area (TPSA) is 67.6 Å². The third-order valence-electron chi connectivity index (χ3n) is 3.00. The highest BCUT2D eigenvalue weighted by atomic mass is 35.5. The summed E-state index contributed by atoms with van der Waals surface area (Å²) in [5.74, 6) is 0.600. The van der Waals surface area contributed by atoms with Gasteiger partial charge in [0.1, 0.15) is 6.04 Å². The number of nitrogens with one attached hydrogen (secondary N) is 1. The van der Waals surface area contributed by atoms with E-state index in [4.69, 9.17) is 10.5 Å². The van der Waals surface area contributed by atoms with Crippen LogP contribution in [0.25, 0.3) is 0 Å². The van der Waals surface area contributed by atoms with Gasteiger partial charge in [0.2, 0.25) is 5.91 Å². The fourth-order valence-corrected chi connectivity index (χ4v) is 1.84. The van der Waals surface area contributed by atoms with Crippen molar-refractivity contribution >= 4 is 30.7 Å². The molecule has 1 aliphatic carbocycles. The highest BCUT2D eigenvalue weighted by molar-refractivity contribution is 5.85. The number of carbonyl (C=O) groups excluding carboxylic acids is 1. The molecule has 0 heterocycles. The normalized spacial score (nSPS) is 17.4. The molecule has 0 spiro atoms. The van der Waals surface area contributed by atoms with E-state index in [1.54, 1.807) is 7.11 Å². The van der Waals surface area contributed by atoms with E-state index in [0.29, 0.717) is 12.6 Å². The maximum Gasteiger partial charge on any atom is 0.239 e. The number of rotatable bonds is 7. The molecule has 2 unspecified atom stereocenters. The lowest BCUT2D eigenvalue weighted by molar-refractivity contribution is -0.123. The van der Waals surface area contributed by atoms with E-state index in [0.717, 1.165) is 5.92 Å². The summed E-state index contributed by atoms with van der Waals surface area (Å²) in [6.07, 6.45) is 2.53. The quantitative estimate of drug-likeness (QED) is 0.708. The smallest absolute Gasteiger partial charge is 0.239 e. The maximum atomic E-state index is 11.6. The van der Waals surface area contributed by atoms with Crippen LogP contribution >= 0.6 is 24.8 Å². The Kier molecular flexibility index (Phi) is 11.0. The Bertz CT molecular complexity index is 236. The average molecular weight is 302 g/mol. The molecule has 1 saturated carbocycles. The van der Waals surface area contributed by atoms with Gasteiger partial charge in [0, 0.05) is 19.7 Å². The van der Waals surface area contributed by atoms with E-state index in [2.05, 4.69) is 10.2 Å². The fourth-order valence-electron chi connectivity index (χ4n) is 1.84. The molecule has 1 rings (SSSR count). The number of amides is 1. The van der Waals surface area contributed by atoms with Crippen LogP contribution < -0.4 is 11.1 Å². The summed E-state index contributed by atoms with van der Waals surface area (Å²) < 4.78 is 4.84. The number of methoxy groups -OCH3 is 1. The lowest BCUT2D eigenvalue weighted by Gasteiger charge is -2.25. The van der Waals surface area contributed by atoms with Crippen LogP contribution in [0, 0.1) is 5.92 Å². The van der Waals surface area contributed by atoms with Crippen molar-refractivity contribution < 1.29 is 9.53 Å². The molecule has 0 radical (unpaired) electrons. The minimum atomic E-state index is -0.563. The van der Waals surface area contributed by atoms with Crippen molar-refractivity contribution in [3.8, 4) is 0 Å². The summed E-state index contributed by atoms with van der Waals surface area (Å²) in [4.78, 5) is 13.7. The van der Waals surface area contributed by atoms with Gasteiger partial charge in [-0.3, -0.25) is 4.79 Å². The molecular formula is C11H25Cl2N3O2. The number of ether oxygens (including phenoxy) is 1. The predicted molar refractivity (Wildman–Crippen MR) is 77.6 cm³/mol. The number of carbonyl (C=O) groups is 1. The van der Waals surface area contributed by atoms with Gasteiger partial charge < -0.3 is 20.7 Å². The van der Waals surface area contributed by atoms with E-state index in [-0.39, 0.29) is 37.3 Å². The van der Waals surface area contributed by atoms with Crippen molar-refractivity contribution in [2.75, 3.05) is 34.4 Å². The molecule has 0 bridgehead atoms. The molecule has 0 aromatic carbocycles. The third kappa shape index (κ3) is 6.75. The summed E-state index contributed by atoms with van der Waals surface area (Å²) in [5.41, 5.74) is 5.63.